The highest BCUT2D eigenvalue weighted by molar-refractivity contribution is 9.10. The zero-order valence-corrected chi connectivity index (χ0v) is 15.7. The summed E-state index contributed by atoms with van der Waals surface area (Å²) >= 11 is 3.33. The molecule has 0 unspecified atom stereocenters. The van der Waals surface area contributed by atoms with Crippen molar-refractivity contribution in [3.63, 3.8) is 0 Å². The van der Waals surface area contributed by atoms with Crippen molar-refractivity contribution in [3.8, 4) is 0 Å². The average Bonchev–Trinajstić information content (AvgIpc) is 2.50. The van der Waals surface area contributed by atoms with Crippen LogP contribution < -0.4 is 5.73 Å². The topological polar surface area (TPSA) is 46.3 Å². The number of carbonyl (C=O) groups excluding carboxylic acids is 1. The molecule has 0 aliphatic heterocycles. The molecule has 1 aromatic carbocycles. The minimum absolute atomic E-state index is 0. The number of hydrogen-bond donors (Lipinski definition) is 1. The van der Waals surface area contributed by atoms with Gasteiger partial charge in [-0.15, -0.1) is 19.0 Å². The fourth-order valence-electron chi connectivity index (χ4n) is 2.21. The van der Waals surface area contributed by atoms with E-state index in [0.717, 1.165) is 30.2 Å². The van der Waals surface area contributed by atoms with Crippen LogP contribution in [-0.2, 0) is 11.3 Å². The molecule has 0 spiro atoms. The largest absolute Gasteiger partial charge is 0.335 e. The summed E-state index contributed by atoms with van der Waals surface area (Å²) in [5.74, 6) is -0.264. The van der Waals surface area contributed by atoms with Gasteiger partial charge in [-0.2, -0.15) is 0 Å². The predicted octanol–water partition coefficient (Wildman–Crippen LogP) is 4.43. The molecule has 0 aromatic heterocycles. The lowest BCUT2D eigenvalue weighted by Crippen LogP contribution is -2.30. The SMILES string of the molecule is C=CCN(Cc1cc(Br)ccc1F)C(=O)CCCCCCN.Cl. The number of nitrogens with two attached hydrogens (primary N) is 1. The van der Waals surface area contributed by atoms with E-state index in [1.54, 1.807) is 23.1 Å². The Labute approximate surface area is 152 Å². The molecule has 0 saturated heterocycles. The molecule has 1 aromatic rings. The first-order valence-corrected chi connectivity index (χ1v) is 8.40. The summed E-state index contributed by atoms with van der Waals surface area (Å²) in [5, 5.41) is 0. The molecule has 0 atom stereocenters. The molecule has 3 nitrogen and oxygen atoms in total. The number of rotatable bonds is 10. The first-order valence-electron chi connectivity index (χ1n) is 7.61. The number of carbonyl (C=O) groups is 1. The third kappa shape index (κ3) is 8.49. The number of unbranched alkanes of at least 4 members (excludes halogenated alkanes) is 3. The Balaban J connectivity index is 0.00000484. The monoisotopic (exact) mass is 406 g/mol. The second kappa shape index (κ2) is 12.5. The van der Waals surface area contributed by atoms with Crippen LogP contribution in [0.2, 0.25) is 0 Å². The van der Waals surface area contributed by atoms with E-state index < -0.39 is 0 Å². The highest BCUT2D eigenvalue weighted by atomic mass is 79.9. The number of hydrogen-bond acceptors (Lipinski definition) is 2. The fraction of sp³-hybridized carbons (Fsp3) is 0.471. The summed E-state index contributed by atoms with van der Waals surface area (Å²) in [5.41, 5.74) is 5.95. The van der Waals surface area contributed by atoms with Crippen molar-refractivity contribution in [1.29, 1.82) is 0 Å². The van der Waals surface area contributed by atoms with Gasteiger partial charge in [0.2, 0.25) is 5.91 Å². The molecule has 2 N–H and O–H groups in total. The maximum atomic E-state index is 13.8. The fourth-order valence-corrected chi connectivity index (χ4v) is 2.62. The van der Waals surface area contributed by atoms with Crippen LogP contribution in [0.3, 0.4) is 0 Å². The first-order chi connectivity index (χ1) is 10.6. The Hall–Kier alpha value is -0.910. The van der Waals surface area contributed by atoms with Crippen LogP contribution in [0.25, 0.3) is 0 Å². The van der Waals surface area contributed by atoms with Crippen molar-refractivity contribution in [2.75, 3.05) is 13.1 Å². The summed E-state index contributed by atoms with van der Waals surface area (Å²) in [7, 11) is 0. The van der Waals surface area contributed by atoms with Gasteiger partial charge in [0.15, 0.2) is 0 Å². The molecule has 0 aliphatic carbocycles. The lowest BCUT2D eigenvalue weighted by Gasteiger charge is -2.22. The van der Waals surface area contributed by atoms with Gasteiger partial charge in [-0.3, -0.25) is 4.79 Å². The third-order valence-electron chi connectivity index (χ3n) is 3.42. The molecule has 0 radical (unpaired) electrons. The Morgan fingerprint density at radius 2 is 2.00 bits per heavy atom. The zero-order valence-electron chi connectivity index (χ0n) is 13.3. The standard InChI is InChI=1S/C17H24BrFN2O.ClH/c1-2-11-21(17(22)7-5-3-4-6-10-20)13-14-12-15(18)8-9-16(14)19;/h2,8-9,12H,1,3-7,10-11,13,20H2;1H. The van der Waals surface area contributed by atoms with E-state index in [1.807, 2.05) is 0 Å². The van der Waals surface area contributed by atoms with E-state index in [-0.39, 0.29) is 30.7 Å². The molecule has 1 amide bonds. The van der Waals surface area contributed by atoms with Crippen LogP contribution in [0.1, 0.15) is 37.7 Å². The van der Waals surface area contributed by atoms with Crippen molar-refractivity contribution in [1.82, 2.24) is 4.90 Å². The molecular weight excluding hydrogens is 383 g/mol. The Morgan fingerprint density at radius 1 is 1.30 bits per heavy atom. The summed E-state index contributed by atoms with van der Waals surface area (Å²) in [6.07, 6.45) is 6.03. The number of benzene rings is 1. The van der Waals surface area contributed by atoms with E-state index >= 15 is 0 Å². The Morgan fingerprint density at radius 3 is 2.65 bits per heavy atom. The maximum Gasteiger partial charge on any atom is 0.223 e. The number of nitrogens with zero attached hydrogens (tertiary/aromatic N) is 1. The summed E-state index contributed by atoms with van der Waals surface area (Å²) in [4.78, 5) is 13.9. The van der Waals surface area contributed by atoms with E-state index in [4.69, 9.17) is 5.73 Å². The van der Waals surface area contributed by atoms with Crippen LogP contribution in [0.5, 0.6) is 0 Å². The van der Waals surface area contributed by atoms with Gasteiger partial charge < -0.3 is 10.6 Å². The number of halogens is 3. The lowest BCUT2D eigenvalue weighted by atomic mass is 10.1. The molecule has 6 heteroatoms. The van der Waals surface area contributed by atoms with E-state index in [0.29, 0.717) is 25.1 Å². The van der Waals surface area contributed by atoms with Crippen LogP contribution in [0.15, 0.2) is 35.3 Å². The van der Waals surface area contributed by atoms with E-state index in [1.165, 1.54) is 6.07 Å². The van der Waals surface area contributed by atoms with Crippen LogP contribution in [0, 0.1) is 5.82 Å². The smallest absolute Gasteiger partial charge is 0.223 e. The zero-order chi connectivity index (χ0) is 16.4. The van der Waals surface area contributed by atoms with Crippen LogP contribution in [-0.4, -0.2) is 23.9 Å². The van der Waals surface area contributed by atoms with Crippen molar-refractivity contribution in [2.45, 2.75) is 38.6 Å². The van der Waals surface area contributed by atoms with Crippen molar-refractivity contribution in [2.24, 2.45) is 5.73 Å². The highest BCUT2D eigenvalue weighted by Crippen LogP contribution is 2.18. The van der Waals surface area contributed by atoms with Gasteiger partial charge in [0.05, 0.1) is 0 Å². The van der Waals surface area contributed by atoms with Gasteiger partial charge >= 0.3 is 0 Å². The molecule has 0 aliphatic rings. The molecule has 23 heavy (non-hydrogen) atoms. The minimum atomic E-state index is -0.298. The highest BCUT2D eigenvalue weighted by Gasteiger charge is 2.14. The second-order valence-electron chi connectivity index (χ2n) is 5.25. The van der Waals surface area contributed by atoms with Crippen molar-refractivity contribution < 1.29 is 9.18 Å². The third-order valence-corrected chi connectivity index (χ3v) is 3.91. The molecule has 1 rings (SSSR count). The molecule has 0 bridgehead atoms. The van der Waals surface area contributed by atoms with E-state index in [2.05, 4.69) is 22.5 Å². The van der Waals surface area contributed by atoms with Gasteiger partial charge in [-0.25, -0.2) is 4.39 Å². The normalized spacial score (nSPS) is 10.0. The summed E-state index contributed by atoms with van der Waals surface area (Å²) in [6, 6.07) is 4.76. The van der Waals surface area contributed by atoms with E-state index in [9.17, 15) is 9.18 Å². The van der Waals surface area contributed by atoms with Crippen LogP contribution >= 0.6 is 28.3 Å². The maximum absolute atomic E-state index is 13.8. The Kier molecular flexibility index (Phi) is 12.0. The average molecular weight is 408 g/mol. The number of amides is 1. The van der Waals surface area contributed by atoms with Gasteiger partial charge in [0.1, 0.15) is 5.82 Å². The quantitative estimate of drug-likeness (QED) is 0.460. The van der Waals surface area contributed by atoms with Gasteiger partial charge in [-0.05, 0) is 37.6 Å². The summed E-state index contributed by atoms with van der Waals surface area (Å²) < 4.78 is 14.6. The van der Waals surface area contributed by atoms with Crippen molar-refractivity contribution in [3.05, 3.63) is 46.7 Å². The predicted molar refractivity (Wildman–Crippen MR) is 99.1 cm³/mol. The summed E-state index contributed by atoms with van der Waals surface area (Å²) in [6.45, 7) is 5.05. The van der Waals surface area contributed by atoms with Gasteiger partial charge in [-0.1, -0.05) is 34.8 Å². The molecule has 0 heterocycles. The van der Waals surface area contributed by atoms with Crippen molar-refractivity contribution >= 4 is 34.2 Å². The molecule has 130 valence electrons. The van der Waals surface area contributed by atoms with Crippen LogP contribution in [0.4, 0.5) is 4.39 Å². The first kappa shape index (κ1) is 22.1. The molecule has 0 saturated carbocycles. The van der Waals surface area contributed by atoms with Gasteiger partial charge in [0.25, 0.3) is 0 Å². The second-order valence-corrected chi connectivity index (χ2v) is 6.17. The van der Waals surface area contributed by atoms with Gasteiger partial charge in [0, 0.05) is 29.5 Å². The minimum Gasteiger partial charge on any atom is -0.335 e. The Bertz CT molecular complexity index is 499. The molecular formula is C17H25BrClFN2O. The lowest BCUT2D eigenvalue weighted by molar-refractivity contribution is -0.131. The molecule has 0 fully saturated rings.